The van der Waals surface area contributed by atoms with E-state index in [-0.39, 0.29) is 5.91 Å². The molecule has 4 heteroatoms. The minimum Gasteiger partial charge on any atom is -0.490 e. The minimum atomic E-state index is 0.0248. The van der Waals surface area contributed by atoms with E-state index in [9.17, 15) is 4.79 Å². The normalized spacial score (nSPS) is 17.1. The van der Waals surface area contributed by atoms with Crippen LogP contribution in [0.5, 0.6) is 5.75 Å². The van der Waals surface area contributed by atoms with Gasteiger partial charge in [0.25, 0.3) is 5.91 Å². The molecule has 0 atom stereocenters. The molecule has 4 rings (SSSR count). The number of nitrogens with zero attached hydrogens (tertiary/aromatic N) is 1. The summed E-state index contributed by atoms with van der Waals surface area (Å²) in [6.07, 6.45) is 5.73. The van der Waals surface area contributed by atoms with Gasteiger partial charge in [0.15, 0.2) is 0 Å². The van der Waals surface area contributed by atoms with Crippen LogP contribution in [0.4, 0.5) is 11.4 Å². The number of carbonyl (C=O) groups excluding carboxylic acids is 1. The molecule has 0 saturated heterocycles. The van der Waals surface area contributed by atoms with Crippen LogP contribution >= 0.6 is 0 Å². The zero-order valence-electron chi connectivity index (χ0n) is 13.7. The lowest BCUT2D eigenvalue weighted by molar-refractivity contribution is 0.0985. The van der Waals surface area contributed by atoms with Crippen molar-refractivity contribution >= 4 is 17.3 Å². The van der Waals surface area contributed by atoms with Crippen LogP contribution in [-0.4, -0.2) is 18.6 Å². The van der Waals surface area contributed by atoms with Crippen LogP contribution in [-0.2, 0) is 6.42 Å². The van der Waals surface area contributed by atoms with E-state index in [4.69, 9.17) is 10.5 Å². The van der Waals surface area contributed by atoms with E-state index in [2.05, 4.69) is 0 Å². The van der Waals surface area contributed by atoms with E-state index in [1.54, 1.807) is 0 Å². The summed E-state index contributed by atoms with van der Waals surface area (Å²) >= 11 is 0. The van der Waals surface area contributed by atoms with Crippen LogP contribution in [0.3, 0.4) is 0 Å². The second-order valence-electron chi connectivity index (χ2n) is 6.60. The van der Waals surface area contributed by atoms with Crippen LogP contribution < -0.4 is 15.4 Å². The van der Waals surface area contributed by atoms with Crippen molar-refractivity contribution in [3.05, 3.63) is 53.6 Å². The SMILES string of the molecule is Nc1cccc2c1CCCN2C(=O)c1ccc(OC2CCC2)cc1. The molecule has 2 N–H and O–H groups in total. The fourth-order valence-corrected chi connectivity index (χ4v) is 3.38. The molecule has 0 unspecified atom stereocenters. The molecule has 1 saturated carbocycles. The number of hydrogen-bond donors (Lipinski definition) is 1. The molecule has 2 aliphatic rings. The highest BCUT2D eigenvalue weighted by atomic mass is 16.5. The summed E-state index contributed by atoms with van der Waals surface area (Å²) in [4.78, 5) is 14.8. The average molecular weight is 322 g/mol. The van der Waals surface area contributed by atoms with Crippen LogP contribution in [0.15, 0.2) is 42.5 Å². The van der Waals surface area contributed by atoms with Gasteiger partial charge in [-0.25, -0.2) is 0 Å². The number of rotatable bonds is 3. The van der Waals surface area contributed by atoms with Crippen molar-refractivity contribution in [1.29, 1.82) is 0 Å². The van der Waals surface area contributed by atoms with Crippen molar-refractivity contribution in [3.8, 4) is 5.75 Å². The van der Waals surface area contributed by atoms with Crippen LogP contribution in [0.2, 0.25) is 0 Å². The first-order valence-corrected chi connectivity index (χ1v) is 8.68. The third-order valence-corrected chi connectivity index (χ3v) is 4.99. The maximum absolute atomic E-state index is 12.9. The Balaban J connectivity index is 1.55. The fourth-order valence-electron chi connectivity index (χ4n) is 3.38. The Morgan fingerprint density at radius 3 is 2.58 bits per heavy atom. The van der Waals surface area contributed by atoms with E-state index >= 15 is 0 Å². The summed E-state index contributed by atoms with van der Waals surface area (Å²) in [6.45, 7) is 0.732. The largest absolute Gasteiger partial charge is 0.490 e. The lowest BCUT2D eigenvalue weighted by Gasteiger charge is -2.30. The van der Waals surface area contributed by atoms with Gasteiger partial charge in [-0.3, -0.25) is 4.79 Å². The molecule has 2 aromatic carbocycles. The number of amides is 1. The number of fused-ring (bicyclic) bond motifs is 1. The smallest absolute Gasteiger partial charge is 0.258 e. The van der Waals surface area contributed by atoms with Gasteiger partial charge >= 0.3 is 0 Å². The number of anilines is 2. The molecule has 4 nitrogen and oxygen atoms in total. The predicted octanol–water partition coefficient (Wildman–Crippen LogP) is 3.79. The number of nitrogens with two attached hydrogens (primary N) is 1. The van der Waals surface area contributed by atoms with E-state index in [1.807, 2.05) is 47.4 Å². The molecule has 0 radical (unpaired) electrons. The van der Waals surface area contributed by atoms with Gasteiger partial charge in [-0.05, 0) is 74.1 Å². The van der Waals surface area contributed by atoms with Gasteiger partial charge in [-0.1, -0.05) is 6.07 Å². The third-order valence-electron chi connectivity index (χ3n) is 4.99. The Morgan fingerprint density at radius 1 is 1.08 bits per heavy atom. The summed E-state index contributed by atoms with van der Waals surface area (Å²) in [6, 6.07) is 13.3. The van der Waals surface area contributed by atoms with Crippen LogP contribution in [0.25, 0.3) is 0 Å². The van der Waals surface area contributed by atoms with Gasteiger partial charge in [0, 0.05) is 23.5 Å². The lowest BCUT2D eigenvalue weighted by atomic mass is 9.96. The van der Waals surface area contributed by atoms with Gasteiger partial charge in [-0.2, -0.15) is 0 Å². The van der Waals surface area contributed by atoms with E-state index in [0.29, 0.717) is 11.7 Å². The molecular formula is C20H22N2O2. The van der Waals surface area contributed by atoms with Gasteiger partial charge < -0.3 is 15.4 Å². The van der Waals surface area contributed by atoms with Gasteiger partial charge in [0.05, 0.1) is 6.10 Å². The molecule has 0 aromatic heterocycles. The van der Waals surface area contributed by atoms with Gasteiger partial charge in [-0.15, -0.1) is 0 Å². The van der Waals surface area contributed by atoms with Crippen molar-refractivity contribution in [3.63, 3.8) is 0 Å². The van der Waals surface area contributed by atoms with Crippen molar-refractivity contribution in [2.24, 2.45) is 0 Å². The number of ether oxygens (including phenoxy) is 1. The molecular weight excluding hydrogens is 300 g/mol. The maximum atomic E-state index is 12.9. The number of carbonyl (C=O) groups is 1. The molecule has 1 aliphatic carbocycles. The van der Waals surface area contributed by atoms with Crippen LogP contribution in [0.1, 0.15) is 41.6 Å². The Morgan fingerprint density at radius 2 is 1.88 bits per heavy atom. The number of benzene rings is 2. The molecule has 2 aromatic rings. The summed E-state index contributed by atoms with van der Waals surface area (Å²) in [5, 5.41) is 0. The van der Waals surface area contributed by atoms with E-state index < -0.39 is 0 Å². The Hall–Kier alpha value is -2.49. The quantitative estimate of drug-likeness (QED) is 0.875. The molecule has 1 heterocycles. The highest BCUT2D eigenvalue weighted by molar-refractivity contribution is 6.07. The number of hydrogen-bond acceptors (Lipinski definition) is 3. The zero-order valence-corrected chi connectivity index (χ0v) is 13.7. The topological polar surface area (TPSA) is 55.6 Å². The first kappa shape index (κ1) is 15.1. The summed E-state index contributed by atoms with van der Waals surface area (Å²) < 4.78 is 5.86. The maximum Gasteiger partial charge on any atom is 0.258 e. The molecule has 124 valence electrons. The minimum absolute atomic E-state index is 0.0248. The number of nitrogen functional groups attached to an aromatic ring is 1. The van der Waals surface area contributed by atoms with E-state index in [0.717, 1.165) is 54.9 Å². The van der Waals surface area contributed by atoms with Crippen LogP contribution in [0, 0.1) is 0 Å². The predicted molar refractivity (Wildman–Crippen MR) is 95.6 cm³/mol. The Labute approximate surface area is 142 Å². The molecule has 1 aliphatic heterocycles. The van der Waals surface area contributed by atoms with Crippen molar-refractivity contribution < 1.29 is 9.53 Å². The highest BCUT2D eigenvalue weighted by Crippen LogP contribution is 2.32. The molecule has 1 amide bonds. The highest BCUT2D eigenvalue weighted by Gasteiger charge is 2.25. The first-order chi connectivity index (χ1) is 11.7. The van der Waals surface area contributed by atoms with Crippen molar-refractivity contribution in [2.45, 2.75) is 38.2 Å². The van der Waals surface area contributed by atoms with Crippen molar-refractivity contribution in [1.82, 2.24) is 0 Å². The van der Waals surface area contributed by atoms with E-state index in [1.165, 1.54) is 6.42 Å². The lowest BCUT2D eigenvalue weighted by Crippen LogP contribution is -2.35. The molecule has 1 fully saturated rings. The average Bonchev–Trinajstić information content (AvgIpc) is 2.58. The Bertz CT molecular complexity index is 751. The second-order valence-corrected chi connectivity index (χ2v) is 6.60. The fraction of sp³-hybridized carbons (Fsp3) is 0.350. The zero-order chi connectivity index (χ0) is 16.5. The van der Waals surface area contributed by atoms with Gasteiger partial charge in [0.2, 0.25) is 0 Å². The van der Waals surface area contributed by atoms with Crippen molar-refractivity contribution in [2.75, 3.05) is 17.2 Å². The summed E-state index contributed by atoms with van der Waals surface area (Å²) in [5.41, 5.74) is 9.56. The second kappa shape index (κ2) is 6.19. The monoisotopic (exact) mass is 322 g/mol. The molecule has 24 heavy (non-hydrogen) atoms. The standard InChI is InChI=1S/C20H22N2O2/c21-18-7-2-8-19-17(18)6-3-13-22(19)20(23)14-9-11-16(12-10-14)24-15-4-1-5-15/h2,7-12,15H,1,3-6,13,21H2. The summed E-state index contributed by atoms with van der Waals surface area (Å²) in [5.74, 6) is 0.872. The summed E-state index contributed by atoms with van der Waals surface area (Å²) in [7, 11) is 0. The first-order valence-electron chi connectivity index (χ1n) is 8.68. The Kier molecular flexibility index (Phi) is 3.89. The molecule has 0 bridgehead atoms. The molecule has 0 spiro atoms. The third kappa shape index (κ3) is 2.73. The van der Waals surface area contributed by atoms with Gasteiger partial charge in [0.1, 0.15) is 5.75 Å².